The highest BCUT2D eigenvalue weighted by molar-refractivity contribution is 5.91. The Kier molecular flexibility index (Phi) is 7.53. The van der Waals surface area contributed by atoms with Crippen molar-refractivity contribution in [1.29, 1.82) is 0 Å². The van der Waals surface area contributed by atoms with Crippen LogP contribution < -0.4 is 0 Å². The van der Waals surface area contributed by atoms with Crippen LogP contribution in [0.5, 0.6) is 0 Å². The lowest BCUT2D eigenvalue weighted by molar-refractivity contribution is -0.384. The fraction of sp³-hybridized carbons (Fsp3) is 0.138. The lowest BCUT2D eigenvalue weighted by atomic mass is 10.1. The molecule has 0 atom stereocenters. The number of hydrogen-bond donors (Lipinski definition) is 0. The molecule has 0 aliphatic heterocycles. The minimum absolute atomic E-state index is 0.0218. The van der Waals surface area contributed by atoms with Crippen molar-refractivity contribution in [2.75, 3.05) is 0 Å². The molecule has 0 bridgehead atoms. The SMILES string of the molecule is Cc1ccccc1Cn1cccc1CN(Cc1ccccc1)C(=O)C=Cc1ccc([N+](=O)[O-])cc1. The summed E-state index contributed by atoms with van der Waals surface area (Å²) >= 11 is 0. The molecule has 3 aromatic carbocycles. The lowest BCUT2D eigenvalue weighted by Gasteiger charge is -2.23. The summed E-state index contributed by atoms with van der Waals surface area (Å²) < 4.78 is 2.17. The third kappa shape index (κ3) is 6.32. The molecule has 6 nitrogen and oxygen atoms in total. The number of carbonyl (C=O) groups excluding carboxylic acids is 1. The minimum Gasteiger partial charge on any atom is -0.345 e. The lowest BCUT2D eigenvalue weighted by Crippen LogP contribution is -2.29. The Morgan fingerprint density at radius 2 is 1.63 bits per heavy atom. The largest absolute Gasteiger partial charge is 0.345 e. The van der Waals surface area contributed by atoms with E-state index < -0.39 is 4.92 Å². The Labute approximate surface area is 204 Å². The third-order valence-corrected chi connectivity index (χ3v) is 5.93. The smallest absolute Gasteiger partial charge is 0.269 e. The first-order valence-corrected chi connectivity index (χ1v) is 11.4. The summed E-state index contributed by atoms with van der Waals surface area (Å²) in [6.45, 7) is 3.77. The zero-order valence-electron chi connectivity index (χ0n) is 19.6. The molecule has 0 spiro atoms. The van der Waals surface area contributed by atoms with Gasteiger partial charge in [-0.15, -0.1) is 0 Å². The second kappa shape index (κ2) is 11.1. The van der Waals surface area contributed by atoms with Gasteiger partial charge in [-0.3, -0.25) is 14.9 Å². The van der Waals surface area contributed by atoms with E-state index in [1.54, 1.807) is 23.1 Å². The second-order valence-electron chi connectivity index (χ2n) is 8.42. The van der Waals surface area contributed by atoms with Crippen LogP contribution in [0, 0.1) is 17.0 Å². The maximum absolute atomic E-state index is 13.3. The number of aromatic nitrogens is 1. The van der Waals surface area contributed by atoms with Crippen LogP contribution in [0.15, 0.2) is 103 Å². The van der Waals surface area contributed by atoms with Gasteiger partial charge in [0.2, 0.25) is 5.91 Å². The van der Waals surface area contributed by atoms with Crippen LogP contribution in [0.4, 0.5) is 5.69 Å². The molecule has 1 amide bonds. The summed E-state index contributed by atoms with van der Waals surface area (Å²) in [4.78, 5) is 25.5. The van der Waals surface area contributed by atoms with Crippen molar-refractivity contribution in [1.82, 2.24) is 9.47 Å². The van der Waals surface area contributed by atoms with Gasteiger partial charge in [0.1, 0.15) is 0 Å². The number of benzene rings is 3. The molecule has 0 unspecified atom stereocenters. The molecule has 6 heteroatoms. The van der Waals surface area contributed by atoms with Gasteiger partial charge in [-0.05, 0) is 59.5 Å². The maximum Gasteiger partial charge on any atom is 0.269 e. The molecule has 35 heavy (non-hydrogen) atoms. The second-order valence-corrected chi connectivity index (χ2v) is 8.42. The van der Waals surface area contributed by atoms with E-state index in [4.69, 9.17) is 0 Å². The number of rotatable bonds is 9. The molecular formula is C29H27N3O3. The van der Waals surface area contributed by atoms with E-state index in [0.717, 1.165) is 23.4 Å². The Bertz CT molecular complexity index is 1320. The number of aryl methyl sites for hydroxylation is 1. The highest BCUT2D eigenvalue weighted by atomic mass is 16.6. The van der Waals surface area contributed by atoms with E-state index in [-0.39, 0.29) is 11.6 Å². The van der Waals surface area contributed by atoms with E-state index in [2.05, 4.69) is 23.6 Å². The fourth-order valence-corrected chi connectivity index (χ4v) is 3.91. The monoisotopic (exact) mass is 465 g/mol. The number of nitrogens with zero attached hydrogens (tertiary/aromatic N) is 3. The molecule has 4 aromatic rings. The molecule has 1 aromatic heterocycles. The van der Waals surface area contributed by atoms with E-state index in [9.17, 15) is 14.9 Å². The first-order chi connectivity index (χ1) is 17.0. The Morgan fingerprint density at radius 1 is 0.914 bits per heavy atom. The zero-order valence-corrected chi connectivity index (χ0v) is 19.6. The van der Waals surface area contributed by atoms with E-state index in [1.165, 1.54) is 29.3 Å². The quantitative estimate of drug-likeness (QED) is 0.173. The Hall–Kier alpha value is -4.45. The normalized spacial score (nSPS) is 11.0. The van der Waals surface area contributed by atoms with Crippen LogP contribution >= 0.6 is 0 Å². The number of carbonyl (C=O) groups is 1. The van der Waals surface area contributed by atoms with Crippen LogP contribution in [-0.4, -0.2) is 20.3 Å². The summed E-state index contributed by atoms with van der Waals surface area (Å²) in [6, 6.07) is 28.4. The van der Waals surface area contributed by atoms with Gasteiger partial charge in [0.25, 0.3) is 5.69 Å². The first-order valence-electron chi connectivity index (χ1n) is 11.4. The van der Waals surface area contributed by atoms with E-state index in [1.807, 2.05) is 60.8 Å². The van der Waals surface area contributed by atoms with E-state index in [0.29, 0.717) is 13.1 Å². The van der Waals surface area contributed by atoms with Crippen LogP contribution in [-0.2, 0) is 24.4 Å². The van der Waals surface area contributed by atoms with Gasteiger partial charge in [-0.25, -0.2) is 0 Å². The standard InChI is InChI=1S/C29H27N3O3/c1-23-8-5-6-11-26(23)21-30-19-7-12-28(30)22-31(20-25-9-3-2-4-10-25)29(33)18-15-24-13-16-27(17-14-24)32(34)35/h2-19H,20-22H2,1H3. The minimum atomic E-state index is -0.438. The van der Waals surface area contributed by atoms with Gasteiger partial charge in [0.15, 0.2) is 0 Å². The van der Waals surface area contributed by atoms with Gasteiger partial charge >= 0.3 is 0 Å². The number of hydrogen-bond acceptors (Lipinski definition) is 3. The summed E-state index contributed by atoms with van der Waals surface area (Å²) in [5.41, 5.74) is 5.31. The van der Waals surface area contributed by atoms with Crippen LogP contribution in [0.1, 0.15) is 27.9 Å². The first kappa shape index (κ1) is 23.7. The zero-order chi connectivity index (χ0) is 24.6. The molecule has 0 aliphatic rings. The van der Waals surface area contributed by atoms with Gasteiger partial charge in [-0.1, -0.05) is 54.6 Å². The highest BCUT2D eigenvalue weighted by Gasteiger charge is 2.15. The molecule has 4 rings (SSSR count). The molecule has 0 aliphatic carbocycles. The number of nitro benzene ring substituents is 1. The van der Waals surface area contributed by atoms with Crippen molar-refractivity contribution in [2.24, 2.45) is 0 Å². The van der Waals surface area contributed by atoms with Crippen molar-refractivity contribution in [2.45, 2.75) is 26.6 Å². The fourth-order valence-electron chi connectivity index (χ4n) is 3.91. The summed E-state index contributed by atoms with van der Waals surface area (Å²) in [6.07, 6.45) is 5.26. The number of amides is 1. The molecule has 0 saturated carbocycles. The Balaban J connectivity index is 1.54. The van der Waals surface area contributed by atoms with Crippen LogP contribution in [0.3, 0.4) is 0 Å². The van der Waals surface area contributed by atoms with E-state index >= 15 is 0 Å². The molecule has 1 heterocycles. The predicted octanol–water partition coefficient (Wildman–Crippen LogP) is 6.00. The van der Waals surface area contributed by atoms with Crippen molar-refractivity contribution < 1.29 is 9.72 Å². The summed E-state index contributed by atoms with van der Waals surface area (Å²) in [7, 11) is 0. The summed E-state index contributed by atoms with van der Waals surface area (Å²) in [5, 5.41) is 10.9. The number of non-ortho nitro benzene ring substituents is 1. The topological polar surface area (TPSA) is 68.4 Å². The Morgan fingerprint density at radius 3 is 2.34 bits per heavy atom. The van der Waals surface area contributed by atoms with Gasteiger partial charge < -0.3 is 9.47 Å². The van der Waals surface area contributed by atoms with Crippen molar-refractivity contribution in [3.63, 3.8) is 0 Å². The molecule has 0 radical (unpaired) electrons. The van der Waals surface area contributed by atoms with Crippen molar-refractivity contribution >= 4 is 17.7 Å². The van der Waals surface area contributed by atoms with Crippen LogP contribution in [0.25, 0.3) is 6.08 Å². The number of nitro groups is 1. The average molecular weight is 466 g/mol. The molecular weight excluding hydrogens is 438 g/mol. The molecule has 0 saturated heterocycles. The molecule has 176 valence electrons. The molecule has 0 fully saturated rings. The maximum atomic E-state index is 13.3. The van der Waals surface area contributed by atoms with Gasteiger partial charge in [-0.2, -0.15) is 0 Å². The predicted molar refractivity (Wildman–Crippen MR) is 138 cm³/mol. The van der Waals surface area contributed by atoms with Crippen molar-refractivity contribution in [3.05, 3.63) is 141 Å². The summed E-state index contributed by atoms with van der Waals surface area (Å²) in [5.74, 6) is -0.129. The van der Waals surface area contributed by atoms with Gasteiger partial charge in [0, 0.05) is 43.2 Å². The van der Waals surface area contributed by atoms with Gasteiger partial charge in [0.05, 0.1) is 11.5 Å². The molecule has 0 N–H and O–H groups in total. The third-order valence-electron chi connectivity index (χ3n) is 5.93. The average Bonchev–Trinajstić information content (AvgIpc) is 3.31. The van der Waals surface area contributed by atoms with Crippen molar-refractivity contribution in [3.8, 4) is 0 Å². The highest BCUT2D eigenvalue weighted by Crippen LogP contribution is 2.17. The van der Waals surface area contributed by atoms with Crippen LogP contribution in [0.2, 0.25) is 0 Å².